The van der Waals surface area contributed by atoms with Crippen LogP contribution in [0.4, 0.5) is 16.3 Å². The van der Waals surface area contributed by atoms with Crippen LogP contribution in [0.2, 0.25) is 0 Å². The highest BCUT2D eigenvalue weighted by Crippen LogP contribution is 2.36. The lowest BCUT2D eigenvalue weighted by Gasteiger charge is -2.35. The van der Waals surface area contributed by atoms with Crippen molar-refractivity contribution in [3.05, 3.63) is 54.6 Å². The van der Waals surface area contributed by atoms with Crippen LogP contribution in [0.1, 0.15) is 33.5 Å². The lowest BCUT2D eigenvalue weighted by molar-refractivity contribution is 0.0471. The monoisotopic (exact) mass is 605 g/mol. The Morgan fingerprint density at radius 3 is 2.77 bits per heavy atom. The minimum Gasteiger partial charge on any atom is -0.493 e. The molecular weight excluding hydrogens is 566 g/mol. The van der Waals surface area contributed by atoms with Crippen LogP contribution in [0.3, 0.4) is 0 Å². The van der Waals surface area contributed by atoms with E-state index in [1.165, 1.54) is 6.33 Å². The van der Waals surface area contributed by atoms with Crippen LogP contribution in [0.5, 0.6) is 23.1 Å². The first kappa shape index (κ1) is 31.0. The molecule has 0 aliphatic carbocycles. The number of aliphatic hydroxyl groups excluding tert-OH is 1. The largest absolute Gasteiger partial charge is 0.493 e. The van der Waals surface area contributed by atoms with Crippen molar-refractivity contribution < 1.29 is 28.6 Å². The normalized spacial score (nSPS) is 16.4. The second-order valence-electron chi connectivity index (χ2n) is 11.7. The van der Waals surface area contributed by atoms with Gasteiger partial charge in [0.25, 0.3) is 0 Å². The van der Waals surface area contributed by atoms with Crippen LogP contribution in [-0.2, 0) is 5.41 Å². The number of methoxy groups -OCH3 is 1. The molecule has 2 aromatic heterocycles. The van der Waals surface area contributed by atoms with Gasteiger partial charge in [0.1, 0.15) is 30.5 Å². The second kappa shape index (κ2) is 13.5. The Kier molecular flexibility index (Phi) is 9.47. The average Bonchev–Trinajstić information content (AvgIpc) is 3.46. The molecule has 0 radical (unpaired) electrons. The van der Waals surface area contributed by atoms with Crippen molar-refractivity contribution in [1.82, 2.24) is 25.3 Å². The Bertz CT molecular complexity index is 1590. The van der Waals surface area contributed by atoms with Gasteiger partial charge in [0, 0.05) is 61.5 Å². The van der Waals surface area contributed by atoms with Gasteiger partial charge in [0.2, 0.25) is 5.88 Å². The van der Waals surface area contributed by atoms with Gasteiger partial charge in [-0.1, -0.05) is 32.0 Å². The van der Waals surface area contributed by atoms with Crippen molar-refractivity contribution in [2.45, 2.75) is 45.3 Å². The van der Waals surface area contributed by atoms with Gasteiger partial charge in [-0.3, -0.25) is 10.2 Å². The van der Waals surface area contributed by atoms with Crippen molar-refractivity contribution >= 4 is 28.4 Å². The molecule has 1 unspecified atom stereocenters. The Hall–Kier alpha value is -4.46. The highest BCUT2D eigenvalue weighted by molar-refractivity contribution is 5.99. The molecule has 1 fully saturated rings. The topological polar surface area (TPSA) is 156 Å². The molecule has 2 aromatic carbocycles. The maximum absolute atomic E-state index is 12.6. The van der Waals surface area contributed by atoms with Gasteiger partial charge >= 0.3 is 6.03 Å². The van der Waals surface area contributed by atoms with E-state index < -0.39 is 12.1 Å². The molecule has 0 saturated carbocycles. The maximum Gasteiger partial charge on any atom is 0.324 e. The molecule has 4 N–H and O–H groups in total. The number of amides is 2. The minimum absolute atomic E-state index is 0.0873. The van der Waals surface area contributed by atoms with Gasteiger partial charge in [-0.15, -0.1) is 0 Å². The van der Waals surface area contributed by atoms with Crippen LogP contribution in [-0.4, -0.2) is 83.2 Å². The zero-order valence-electron chi connectivity index (χ0n) is 25.6. The van der Waals surface area contributed by atoms with E-state index in [4.69, 9.17) is 18.7 Å². The van der Waals surface area contributed by atoms with E-state index >= 15 is 0 Å². The molecule has 0 spiro atoms. The van der Waals surface area contributed by atoms with Crippen LogP contribution in [0.15, 0.2) is 53.3 Å². The van der Waals surface area contributed by atoms with Crippen LogP contribution in [0, 0.1) is 0 Å². The SMILES string of the molecule is COc1cc2ncnc(Oc3cccc(NC(=O)Nc4cc(C(C)(C)C)on4)c3)c2cc1OC[C@H](O)CN1CCNCC1C. The summed E-state index contributed by atoms with van der Waals surface area (Å²) in [6, 6.07) is 11.9. The highest BCUT2D eigenvalue weighted by Gasteiger charge is 2.22. The van der Waals surface area contributed by atoms with E-state index in [-0.39, 0.29) is 17.9 Å². The van der Waals surface area contributed by atoms with Crippen molar-refractivity contribution in [2.24, 2.45) is 0 Å². The third kappa shape index (κ3) is 7.73. The number of hydrogen-bond donors (Lipinski definition) is 4. The molecule has 5 rings (SSSR count). The molecule has 4 aromatic rings. The number of aliphatic hydroxyl groups is 1. The summed E-state index contributed by atoms with van der Waals surface area (Å²) in [6.45, 7) is 11.4. The molecule has 1 aliphatic heterocycles. The van der Waals surface area contributed by atoms with Crippen LogP contribution in [0.25, 0.3) is 10.9 Å². The number of hydrogen-bond acceptors (Lipinski definition) is 11. The Balaban J connectivity index is 1.27. The number of β-amino-alcohol motifs (C(OH)–C–C–N with tert-alkyl or cyclic N) is 1. The molecule has 2 amide bonds. The fraction of sp³-hybridized carbons (Fsp3) is 0.419. The summed E-state index contributed by atoms with van der Waals surface area (Å²) in [5, 5.41) is 24.0. The zero-order valence-corrected chi connectivity index (χ0v) is 25.6. The van der Waals surface area contributed by atoms with Crippen molar-refractivity contribution in [2.75, 3.05) is 50.5 Å². The lowest BCUT2D eigenvalue weighted by atomic mass is 9.93. The van der Waals surface area contributed by atoms with Crippen molar-refractivity contribution in [1.29, 1.82) is 0 Å². The summed E-state index contributed by atoms with van der Waals surface area (Å²) in [7, 11) is 1.55. The number of ether oxygens (including phenoxy) is 3. The summed E-state index contributed by atoms with van der Waals surface area (Å²) in [5.74, 6) is 2.61. The summed E-state index contributed by atoms with van der Waals surface area (Å²) >= 11 is 0. The number of carbonyl (C=O) groups is 1. The van der Waals surface area contributed by atoms with Crippen LogP contribution < -0.4 is 30.2 Å². The lowest BCUT2D eigenvalue weighted by Crippen LogP contribution is -2.52. The highest BCUT2D eigenvalue weighted by atomic mass is 16.5. The number of piperazine rings is 1. The van der Waals surface area contributed by atoms with E-state index in [2.05, 4.69) is 42.9 Å². The number of aromatic nitrogens is 3. The fourth-order valence-electron chi connectivity index (χ4n) is 4.77. The van der Waals surface area contributed by atoms with Gasteiger partial charge in [-0.25, -0.2) is 14.8 Å². The number of carbonyl (C=O) groups excluding carboxylic acids is 1. The Morgan fingerprint density at radius 2 is 2.02 bits per heavy atom. The summed E-state index contributed by atoms with van der Waals surface area (Å²) in [5.41, 5.74) is 0.852. The number of fused-ring (bicyclic) bond motifs is 1. The van der Waals surface area contributed by atoms with Gasteiger partial charge in [0.05, 0.1) is 18.0 Å². The summed E-state index contributed by atoms with van der Waals surface area (Å²) < 4.78 is 23.0. The fourth-order valence-corrected chi connectivity index (χ4v) is 4.77. The number of benzene rings is 2. The number of urea groups is 1. The molecule has 234 valence electrons. The Morgan fingerprint density at radius 1 is 1.18 bits per heavy atom. The summed E-state index contributed by atoms with van der Waals surface area (Å²) in [6.07, 6.45) is 0.714. The molecular formula is C31H39N7O6. The Labute approximate surface area is 255 Å². The van der Waals surface area contributed by atoms with E-state index in [1.807, 2.05) is 20.8 Å². The zero-order chi connectivity index (χ0) is 31.3. The molecule has 1 saturated heterocycles. The number of nitrogens with zero attached hydrogens (tertiary/aromatic N) is 4. The number of nitrogens with one attached hydrogen (secondary N) is 3. The maximum atomic E-state index is 12.6. The van der Waals surface area contributed by atoms with Crippen molar-refractivity contribution in [3.63, 3.8) is 0 Å². The van der Waals surface area contributed by atoms with Crippen molar-refractivity contribution in [3.8, 4) is 23.1 Å². The molecule has 3 heterocycles. The van der Waals surface area contributed by atoms with Gasteiger partial charge in [0.15, 0.2) is 17.3 Å². The molecule has 13 heteroatoms. The quantitative estimate of drug-likeness (QED) is 0.203. The first-order valence-corrected chi connectivity index (χ1v) is 14.5. The van der Waals surface area contributed by atoms with Crippen LogP contribution >= 0.6 is 0 Å². The minimum atomic E-state index is -0.684. The van der Waals surface area contributed by atoms with Gasteiger partial charge in [-0.2, -0.15) is 0 Å². The smallest absolute Gasteiger partial charge is 0.324 e. The molecule has 2 atom stereocenters. The molecule has 44 heavy (non-hydrogen) atoms. The molecule has 1 aliphatic rings. The third-order valence-corrected chi connectivity index (χ3v) is 7.20. The summed E-state index contributed by atoms with van der Waals surface area (Å²) in [4.78, 5) is 23.5. The predicted molar refractivity (Wildman–Crippen MR) is 166 cm³/mol. The van der Waals surface area contributed by atoms with Gasteiger partial charge < -0.3 is 34.5 Å². The van der Waals surface area contributed by atoms with Gasteiger partial charge in [-0.05, 0) is 25.1 Å². The first-order chi connectivity index (χ1) is 21.1. The number of anilines is 2. The average molecular weight is 606 g/mol. The van der Waals surface area contributed by atoms with E-state index in [0.29, 0.717) is 58.0 Å². The third-order valence-electron chi connectivity index (χ3n) is 7.20. The van der Waals surface area contributed by atoms with E-state index in [0.717, 1.165) is 19.6 Å². The van der Waals surface area contributed by atoms with E-state index in [1.54, 1.807) is 49.6 Å². The van der Waals surface area contributed by atoms with E-state index in [9.17, 15) is 9.90 Å². The number of rotatable bonds is 10. The second-order valence-corrected chi connectivity index (χ2v) is 11.7. The molecule has 0 bridgehead atoms. The predicted octanol–water partition coefficient (Wildman–Crippen LogP) is 4.39. The standard InChI is InChI=1S/C31H39N7O6/c1-19-15-32-9-10-38(19)16-21(39)17-42-26-12-23-24(13-25(26)41-5)33-18-34-29(23)43-22-8-6-7-20(11-22)35-30(40)36-28-14-27(44-37-28)31(2,3)4/h6-8,11-14,18-19,21,32,39H,9-10,15-17H2,1-5H3,(H2,35,36,37,40)/t19?,21-/m1/s1. The first-order valence-electron chi connectivity index (χ1n) is 14.5. The molecule has 13 nitrogen and oxygen atoms in total.